The van der Waals surface area contributed by atoms with Crippen molar-refractivity contribution in [3.05, 3.63) is 59.7 Å². The van der Waals surface area contributed by atoms with Gasteiger partial charge in [0.15, 0.2) is 9.84 Å². The van der Waals surface area contributed by atoms with Gasteiger partial charge in [0.2, 0.25) is 0 Å². The van der Waals surface area contributed by atoms with E-state index in [0.717, 1.165) is 0 Å². The molecule has 0 amide bonds. The normalized spacial score (nSPS) is 12.9. The topological polar surface area (TPSA) is 102 Å². The van der Waals surface area contributed by atoms with Crippen molar-refractivity contribution in [2.45, 2.75) is 21.3 Å². The molecule has 0 N–H and O–H groups in total. The first-order valence-corrected chi connectivity index (χ1v) is 13.1. The number of hydrogen-bond acceptors (Lipinski definition) is 6. The molecule has 0 fully saturated rings. The third-order valence-electron chi connectivity index (χ3n) is 3.22. The summed E-state index contributed by atoms with van der Waals surface area (Å²) in [5, 5.41) is 0. The Labute approximate surface area is 155 Å². The van der Waals surface area contributed by atoms with Gasteiger partial charge < -0.3 is 0 Å². The molecule has 0 aliphatic carbocycles. The number of hydrogen-bond donors (Lipinski definition) is 0. The first-order chi connectivity index (χ1) is 11.4. The molecule has 0 bridgehead atoms. The van der Waals surface area contributed by atoms with Crippen LogP contribution in [0.25, 0.3) is 0 Å². The van der Waals surface area contributed by atoms with Gasteiger partial charge in [-0.3, -0.25) is 0 Å². The molecule has 2 rings (SSSR count). The zero-order valence-electron chi connectivity index (χ0n) is 12.5. The van der Waals surface area contributed by atoms with E-state index in [2.05, 4.69) is 0 Å². The lowest BCUT2D eigenvalue weighted by Gasteiger charge is -2.10. The summed E-state index contributed by atoms with van der Waals surface area (Å²) < 4.78 is 71.1. The third kappa shape index (κ3) is 5.42. The molecule has 0 spiro atoms. The van der Waals surface area contributed by atoms with E-state index in [9.17, 15) is 25.3 Å². The van der Waals surface area contributed by atoms with E-state index in [0.29, 0.717) is 0 Å². The molecule has 0 heterocycles. The standard InChI is InChI=1S/C14H12Cl2O6S3/c15-24(19,20)13-7-3-1-5-11(13)9-23(17,18)10-12-6-2-4-8-14(12)25(16,21)22/h1-8H,9-10H2. The maximum Gasteiger partial charge on any atom is 0.261 e. The highest BCUT2D eigenvalue weighted by Crippen LogP contribution is 2.25. The maximum atomic E-state index is 12.5. The van der Waals surface area contributed by atoms with Crippen LogP contribution >= 0.6 is 21.4 Å². The van der Waals surface area contributed by atoms with Crippen molar-refractivity contribution in [3.63, 3.8) is 0 Å². The number of sulfone groups is 1. The van der Waals surface area contributed by atoms with Gasteiger partial charge in [0, 0.05) is 21.4 Å². The lowest BCUT2D eigenvalue weighted by Crippen LogP contribution is -2.12. The molecule has 6 nitrogen and oxygen atoms in total. The summed E-state index contributed by atoms with van der Waals surface area (Å²) in [6.07, 6.45) is 0. The fourth-order valence-electron chi connectivity index (χ4n) is 2.25. The van der Waals surface area contributed by atoms with Gasteiger partial charge in [-0.25, -0.2) is 25.3 Å². The molecular weight excluding hydrogens is 431 g/mol. The molecule has 0 radical (unpaired) electrons. The number of halogens is 2. The van der Waals surface area contributed by atoms with Crippen LogP contribution < -0.4 is 0 Å². The quantitative estimate of drug-likeness (QED) is 0.636. The lowest BCUT2D eigenvalue weighted by molar-refractivity contribution is 0.593. The molecule has 0 saturated heterocycles. The predicted octanol–water partition coefficient (Wildman–Crippen LogP) is 2.66. The van der Waals surface area contributed by atoms with Gasteiger partial charge in [-0.05, 0) is 23.3 Å². The highest BCUT2D eigenvalue weighted by Gasteiger charge is 2.23. The zero-order chi connectivity index (χ0) is 18.9. The molecule has 0 aliphatic rings. The van der Waals surface area contributed by atoms with Crippen LogP contribution in [0.15, 0.2) is 58.3 Å². The van der Waals surface area contributed by atoms with Gasteiger partial charge in [-0.2, -0.15) is 0 Å². The monoisotopic (exact) mass is 442 g/mol. The Balaban J connectivity index is 2.41. The average Bonchev–Trinajstić information content (AvgIpc) is 2.45. The van der Waals surface area contributed by atoms with Gasteiger partial charge in [0.1, 0.15) is 0 Å². The minimum atomic E-state index is -4.12. The molecule has 2 aromatic carbocycles. The summed E-state index contributed by atoms with van der Waals surface area (Å²) in [7, 11) is -1.50. The maximum absolute atomic E-state index is 12.5. The van der Waals surface area contributed by atoms with Crippen LogP contribution in [0.5, 0.6) is 0 Å². The second kappa shape index (κ2) is 7.24. The largest absolute Gasteiger partial charge is 0.261 e. The van der Waals surface area contributed by atoms with Crippen LogP contribution in [0.4, 0.5) is 0 Å². The zero-order valence-corrected chi connectivity index (χ0v) is 16.4. The average molecular weight is 443 g/mol. The van der Waals surface area contributed by atoms with Gasteiger partial charge in [0.25, 0.3) is 18.1 Å². The SMILES string of the molecule is O=S(=O)(Cc1ccccc1S(=O)(=O)Cl)Cc1ccccc1S(=O)(=O)Cl. The first-order valence-electron chi connectivity index (χ1n) is 6.66. The van der Waals surface area contributed by atoms with E-state index < -0.39 is 39.4 Å². The van der Waals surface area contributed by atoms with E-state index >= 15 is 0 Å². The van der Waals surface area contributed by atoms with Gasteiger partial charge in [-0.15, -0.1) is 0 Å². The second-order valence-electron chi connectivity index (χ2n) is 5.12. The molecule has 0 aliphatic heterocycles. The van der Waals surface area contributed by atoms with Crippen LogP contribution in [0.1, 0.15) is 11.1 Å². The van der Waals surface area contributed by atoms with Crippen molar-refractivity contribution >= 4 is 49.3 Å². The smallest absolute Gasteiger partial charge is 0.228 e. The molecule has 0 atom stereocenters. The minimum Gasteiger partial charge on any atom is -0.228 e. The number of rotatable bonds is 6. The summed E-state index contributed by atoms with van der Waals surface area (Å²) in [4.78, 5) is -0.614. The molecule has 25 heavy (non-hydrogen) atoms. The fraction of sp³-hybridized carbons (Fsp3) is 0.143. The van der Waals surface area contributed by atoms with Crippen molar-refractivity contribution in [2.24, 2.45) is 0 Å². The molecule has 0 saturated carbocycles. The lowest BCUT2D eigenvalue weighted by atomic mass is 10.2. The summed E-state index contributed by atoms with van der Waals surface area (Å²) in [5.41, 5.74) is 0.00687. The molecule has 0 aromatic heterocycles. The Hall–Kier alpha value is -1.13. The Bertz CT molecular complexity index is 1020. The molecule has 136 valence electrons. The Kier molecular flexibility index (Phi) is 5.85. The molecular formula is C14H12Cl2O6S3. The van der Waals surface area contributed by atoms with E-state index in [1.165, 1.54) is 48.5 Å². The van der Waals surface area contributed by atoms with Crippen LogP contribution in [0.2, 0.25) is 0 Å². The van der Waals surface area contributed by atoms with Gasteiger partial charge in [-0.1, -0.05) is 36.4 Å². The van der Waals surface area contributed by atoms with Crippen LogP contribution in [-0.2, 0) is 39.4 Å². The predicted molar refractivity (Wildman–Crippen MR) is 95.3 cm³/mol. The van der Waals surface area contributed by atoms with Gasteiger partial charge in [0.05, 0.1) is 21.3 Å². The highest BCUT2D eigenvalue weighted by atomic mass is 35.7. The van der Waals surface area contributed by atoms with Crippen molar-refractivity contribution in [1.29, 1.82) is 0 Å². The second-order valence-corrected chi connectivity index (χ2v) is 12.3. The molecule has 2 aromatic rings. The van der Waals surface area contributed by atoms with Crippen molar-refractivity contribution < 1.29 is 25.3 Å². The Morgan fingerprint density at radius 3 is 1.24 bits per heavy atom. The Morgan fingerprint density at radius 2 is 0.920 bits per heavy atom. The highest BCUT2D eigenvalue weighted by molar-refractivity contribution is 8.14. The van der Waals surface area contributed by atoms with Crippen LogP contribution in [-0.4, -0.2) is 25.3 Å². The summed E-state index contributed by atoms with van der Waals surface area (Å²) in [6, 6.07) is 10.9. The summed E-state index contributed by atoms with van der Waals surface area (Å²) >= 11 is 0. The van der Waals surface area contributed by atoms with E-state index in [4.69, 9.17) is 21.4 Å². The molecule has 0 unspecified atom stereocenters. The van der Waals surface area contributed by atoms with E-state index in [-0.39, 0.29) is 20.9 Å². The van der Waals surface area contributed by atoms with Gasteiger partial charge >= 0.3 is 0 Å². The minimum absolute atomic E-state index is 0.00344. The molecule has 11 heteroatoms. The van der Waals surface area contributed by atoms with Crippen molar-refractivity contribution in [1.82, 2.24) is 0 Å². The van der Waals surface area contributed by atoms with Crippen LogP contribution in [0.3, 0.4) is 0 Å². The third-order valence-corrected chi connectivity index (χ3v) is 7.57. The van der Waals surface area contributed by atoms with Crippen LogP contribution in [0, 0.1) is 0 Å². The summed E-state index contributed by atoms with van der Waals surface area (Å²) in [5.74, 6) is -1.24. The Morgan fingerprint density at radius 1 is 0.600 bits per heavy atom. The fourth-order valence-corrected chi connectivity index (χ4v) is 6.27. The van der Waals surface area contributed by atoms with Crippen molar-refractivity contribution in [3.8, 4) is 0 Å². The number of benzene rings is 2. The van der Waals surface area contributed by atoms with E-state index in [1.807, 2.05) is 0 Å². The van der Waals surface area contributed by atoms with Crippen molar-refractivity contribution in [2.75, 3.05) is 0 Å². The first kappa shape index (κ1) is 20.2. The summed E-state index contributed by atoms with van der Waals surface area (Å²) in [6.45, 7) is 0. The van der Waals surface area contributed by atoms with E-state index in [1.54, 1.807) is 0 Å².